The van der Waals surface area contributed by atoms with Gasteiger partial charge in [0, 0.05) is 0 Å². The van der Waals surface area contributed by atoms with Gasteiger partial charge in [0.1, 0.15) is 0 Å². The first-order chi connectivity index (χ1) is 4.61. The Kier molecular flexibility index (Phi) is 1.63. The molecule has 0 aliphatic carbocycles. The average molecular weight is 160 g/mol. The molecule has 0 atom stereocenters. The first-order valence-electron chi connectivity index (χ1n) is 2.63. The fourth-order valence-corrected chi connectivity index (χ4v) is 0.688. The van der Waals surface area contributed by atoms with Gasteiger partial charge in [-0.05, 0) is 6.92 Å². The molecule has 0 aliphatic heterocycles. The van der Waals surface area contributed by atoms with E-state index in [1.54, 1.807) is 6.92 Å². The van der Waals surface area contributed by atoms with E-state index in [1.807, 2.05) is 0 Å². The molecule has 4 nitrogen and oxygen atoms in total. The number of hydrogen-bond acceptors (Lipinski definition) is 2. The average Bonchev–Trinajstić information content (AvgIpc) is 2.13. The summed E-state index contributed by atoms with van der Waals surface area (Å²) >= 11 is 5.52. The van der Waals surface area contributed by atoms with Crippen molar-refractivity contribution in [2.24, 2.45) is 5.73 Å². The molecule has 10 heavy (non-hydrogen) atoms. The van der Waals surface area contributed by atoms with Crippen molar-refractivity contribution in [2.75, 3.05) is 0 Å². The van der Waals surface area contributed by atoms with Crippen molar-refractivity contribution in [1.29, 1.82) is 0 Å². The first-order valence-corrected chi connectivity index (χ1v) is 3.01. The van der Waals surface area contributed by atoms with Crippen molar-refractivity contribution in [3.63, 3.8) is 0 Å². The Morgan fingerprint density at radius 3 is 2.60 bits per heavy atom. The summed E-state index contributed by atoms with van der Waals surface area (Å²) in [5.74, 6) is -0.502. The maximum atomic E-state index is 10.4. The molecule has 1 rings (SSSR count). The number of aryl methyl sites for hydroxylation is 1. The van der Waals surface area contributed by atoms with Gasteiger partial charge in [-0.3, -0.25) is 4.79 Å². The molecule has 0 saturated heterocycles. The number of halogens is 1. The van der Waals surface area contributed by atoms with Crippen molar-refractivity contribution in [1.82, 2.24) is 9.97 Å². The largest absolute Gasteiger partial charge is 0.363 e. The molecule has 1 amide bonds. The van der Waals surface area contributed by atoms with Gasteiger partial charge in [0.25, 0.3) is 5.91 Å². The molecule has 0 aliphatic rings. The number of H-pyrrole nitrogens is 1. The second kappa shape index (κ2) is 2.30. The van der Waals surface area contributed by atoms with Crippen LogP contribution < -0.4 is 5.73 Å². The lowest BCUT2D eigenvalue weighted by atomic mass is 10.6. The normalized spacial score (nSPS) is 9.80. The SMILES string of the molecule is Cc1[nH]c(C(N)=O)nc1Cl. The van der Waals surface area contributed by atoms with Crippen LogP contribution >= 0.6 is 11.6 Å². The number of nitrogens with zero attached hydrogens (tertiary/aromatic N) is 1. The van der Waals surface area contributed by atoms with Gasteiger partial charge in [-0.15, -0.1) is 0 Å². The summed E-state index contributed by atoms with van der Waals surface area (Å²) in [7, 11) is 0. The van der Waals surface area contributed by atoms with E-state index >= 15 is 0 Å². The number of carbonyl (C=O) groups is 1. The fourth-order valence-electron chi connectivity index (χ4n) is 0.556. The minimum absolute atomic E-state index is 0.0995. The smallest absolute Gasteiger partial charge is 0.284 e. The molecule has 0 spiro atoms. The van der Waals surface area contributed by atoms with Gasteiger partial charge in [0.15, 0.2) is 11.0 Å². The van der Waals surface area contributed by atoms with E-state index in [9.17, 15) is 4.79 Å². The molecule has 1 aromatic heterocycles. The highest BCUT2D eigenvalue weighted by Crippen LogP contribution is 2.09. The van der Waals surface area contributed by atoms with Gasteiger partial charge >= 0.3 is 0 Å². The van der Waals surface area contributed by atoms with Gasteiger partial charge in [-0.25, -0.2) is 4.98 Å². The van der Waals surface area contributed by atoms with Gasteiger partial charge in [-0.1, -0.05) is 11.6 Å². The molecule has 0 aromatic carbocycles. The highest BCUT2D eigenvalue weighted by molar-refractivity contribution is 6.30. The number of amides is 1. The number of nitrogens with two attached hydrogens (primary N) is 1. The Morgan fingerprint density at radius 2 is 2.40 bits per heavy atom. The van der Waals surface area contributed by atoms with Crippen molar-refractivity contribution in [3.8, 4) is 0 Å². The number of nitrogens with one attached hydrogen (secondary N) is 1. The molecular weight excluding hydrogens is 154 g/mol. The lowest BCUT2D eigenvalue weighted by molar-refractivity contribution is 0.0991. The summed E-state index contributed by atoms with van der Waals surface area (Å²) in [6.45, 7) is 1.71. The predicted octanol–water partition coefficient (Wildman–Crippen LogP) is 0.470. The van der Waals surface area contributed by atoms with E-state index in [0.717, 1.165) is 0 Å². The van der Waals surface area contributed by atoms with Crippen LogP contribution in [0.4, 0.5) is 0 Å². The predicted molar refractivity (Wildman–Crippen MR) is 36.9 cm³/mol. The molecule has 1 heterocycles. The van der Waals surface area contributed by atoms with Crippen LogP contribution in [0.1, 0.15) is 16.3 Å². The van der Waals surface area contributed by atoms with Gasteiger partial charge < -0.3 is 10.7 Å². The summed E-state index contributed by atoms with van der Waals surface area (Å²) in [5.41, 5.74) is 5.55. The molecule has 54 valence electrons. The van der Waals surface area contributed by atoms with Gasteiger partial charge in [0.05, 0.1) is 5.69 Å². The summed E-state index contributed by atoms with van der Waals surface area (Å²) < 4.78 is 0. The number of imidazole rings is 1. The van der Waals surface area contributed by atoms with Gasteiger partial charge in [-0.2, -0.15) is 0 Å². The maximum Gasteiger partial charge on any atom is 0.284 e. The second-order valence-electron chi connectivity index (χ2n) is 1.87. The van der Waals surface area contributed by atoms with Crippen LogP contribution in [0.5, 0.6) is 0 Å². The zero-order valence-corrected chi connectivity index (χ0v) is 6.07. The van der Waals surface area contributed by atoms with Crippen molar-refractivity contribution < 1.29 is 4.79 Å². The number of hydrogen-bond donors (Lipinski definition) is 2. The van der Waals surface area contributed by atoms with Crippen LogP contribution in [0.3, 0.4) is 0 Å². The molecule has 0 unspecified atom stereocenters. The van der Waals surface area contributed by atoms with Crippen LogP contribution in [0.25, 0.3) is 0 Å². The third-order valence-corrected chi connectivity index (χ3v) is 1.43. The highest BCUT2D eigenvalue weighted by atomic mass is 35.5. The van der Waals surface area contributed by atoms with Gasteiger partial charge in [0.2, 0.25) is 0 Å². The Balaban J connectivity index is 3.10. The number of primary amides is 1. The van der Waals surface area contributed by atoms with Crippen LogP contribution in [-0.2, 0) is 0 Å². The Labute approximate surface area is 62.4 Å². The topological polar surface area (TPSA) is 71.8 Å². The summed E-state index contributed by atoms with van der Waals surface area (Å²) in [6, 6.07) is 0. The third-order valence-electron chi connectivity index (χ3n) is 1.06. The fraction of sp³-hybridized carbons (Fsp3) is 0.200. The Hall–Kier alpha value is -1.03. The summed E-state index contributed by atoms with van der Waals surface area (Å²) in [4.78, 5) is 16.7. The van der Waals surface area contributed by atoms with Crippen molar-refractivity contribution in [2.45, 2.75) is 6.92 Å². The molecule has 5 heteroatoms. The second-order valence-corrected chi connectivity index (χ2v) is 2.22. The highest BCUT2D eigenvalue weighted by Gasteiger charge is 2.07. The first kappa shape index (κ1) is 7.08. The standard InChI is InChI=1S/C5H6ClN3O/c1-2-3(6)9-5(8-2)4(7)10/h1H3,(H2,7,10)(H,8,9). The van der Waals surface area contributed by atoms with E-state index < -0.39 is 5.91 Å². The van der Waals surface area contributed by atoms with E-state index in [2.05, 4.69) is 9.97 Å². The molecule has 0 radical (unpaired) electrons. The molecule has 0 bridgehead atoms. The number of aromatic amines is 1. The van der Waals surface area contributed by atoms with Crippen LogP contribution in [0, 0.1) is 6.92 Å². The van der Waals surface area contributed by atoms with Crippen LogP contribution in [0.15, 0.2) is 0 Å². The lowest BCUT2D eigenvalue weighted by Crippen LogP contribution is -2.12. The van der Waals surface area contributed by atoms with Crippen molar-refractivity contribution in [3.05, 3.63) is 16.7 Å². The van der Waals surface area contributed by atoms with E-state index in [1.165, 1.54) is 0 Å². The number of carbonyl (C=O) groups excluding carboxylic acids is 1. The number of aromatic nitrogens is 2. The quantitative estimate of drug-likeness (QED) is 0.625. The van der Waals surface area contributed by atoms with E-state index in [-0.39, 0.29) is 11.0 Å². The van der Waals surface area contributed by atoms with Crippen LogP contribution in [0.2, 0.25) is 5.15 Å². The molecule has 0 saturated carbocycles. The minimum atomic E-state index is -0.602. The monoisotopic (exact) mass is 159 g/mol. The van der Waals surface area contributed by atoms with Crippen molar-refractivity contribution >= 4 is 17.5 Å². The Morgan fingerprint density at radius 1 is 1.80 bits per heavy atom. The third kappa shape index (κ3) is 1.11. The van der Waals surface area contributed by atoms with E-state index in [4.69, 9.17) is 17.3 Å². The zero-order valence-electron chi connectivity index (χ0n) is 5.31. The van der Waals surface area contributed by atoms with E-state index in [0.29, 0.717) is 5.69 Å². The molecule has 0 fully saturated rings. The molecule has 3 N–H and O–H groups in total. The zero-order chi connectivity index (χ0) is 7.72. The summed E-state index contributed by atoms with van der Waals surface area (Å²) in [6.07, 6.45) is 0. The number of rotatable bonds is 1. The summed E-state index contributed by atoms with van der Waals surface area (Å²) in [5, 5.41) is 0.286. The minimum Gasteiger partial charge on any atom is -0.363 e. The van der Waals surface area contributed by atoms with Crippen LogP contribution in [-0.4, -0.2) is 15.9 Å². The maximum absolute atomic E-state index is 10.4. The molecular formula is C5H6ClN3O. The Bertz CT molecular complexity index is 248. The lowest BCUT2D eigenvalue weighted by Gasteiger charge is -1.82. The molecule has 1 aromatic rings.